The van der Waals surface area contributed by atoms with Crippen LogP contribution in [-0.2, 0) is 9.53 Å². The SMILES string of the molecule is CCCCCN(CC1(C=O)CCCOC1)C(C)C. The van der Waals surface area contributed by atoms with E-state index < -0.39 is 0 Å². The standard InChI is InChI=1S/C15H29NO2/c1-4-5-6-9-16(14(2)3)11-15(12-17)8-7-10-18-13-15/h12,14H,4-11,13H2,1-3H3. The van der Waals surface area contributed by atoms with Crippen molar-refractivity contribution in [2.75, 3.05) is 26.3 Å². The fourth-order valence-electron chi connectivity index (χ4n) is 2.62. The highest BCUT2D eigenvalue weighted by Gasteiger charge is 2.35. The number of unbranched alkanes of at least 4 members (excludes halogenated alkanes) is 2. The molecule has 1 aliphatic rings. The van der Waals surface area contributed by atoms with Crippen LogP contribution in [0.3, 0.4) is 0 Å². The zero-order valence-electron chi connectivity index (χ0n) is 12.3. The van der Waals surface area contributed by atoms with Gasteiger partial charge in [-0.3, -0.25) is 4.90 Å². The molecule has 0 radical (unpaired) electrons. The van der Waals surface area contributed by atoms with E-state index in [0.717, 1.165) is 38.8 Å². The second kappa shape index (κ2) is 7.90. The van der Waals surface area contributed by atoms with Crippen LogP contribution < -0.4 is 0 Å². The van der Waals surface area contributed by atoms with Gasteiger partial charge in [-0.15, -0.1) is 0 Å². The second-order valence-corrected chi connectivity index (χ2v) is 5.91. The minimum absolute atomic E-state index is 0.255. The van der Waals surface area contributed by atoms with Crippen molar-refractivity contribution in [1.29, 1.82) is 0 Å². The monoisotopic (exact) mass is 255 g/mol. The predicted molar refractivity (Wildman–Crippen MR) is 74.8 cm³/mol. The first kappa shape index (κ1) is 15.6. The molecule has 18 heavy (non-hydrogen) atoms. The Labute approximate surface area is 112 Å². The Morgan fingerprint density at radius 2 is 2.17 bits per heavy atom. The molecule has 0 aromatic carbocycles. The molecule has 0 aliphatic carbocycles. The lowest BCUT2D eigenvalue weighted by Crippen LogP contribution is -2.47. The molecule has 0 amide bonds. The highest BCUT2D eigenvalue weighted by Crippen LogP contribution is 2.28. The Morgan fingerprint density at radius 1 is 1.39 bits per heavy atom. The number of carbonyl (C=O) groups excluding carboxylic acids is 1. The molecular formula is C15H29NO2. The minimum Gasteiger partial charge on any atom is -0.380 e. The van der Waals surface area contributed by atoms with Crippen molar-refractivity contribution in [3.8, 4) is 0 Å². The summed E-state index contributed by atoms with van der Waals surface area (Å²) in [5.41, 5.74) is -0.255. The predicted octanol–water partition coefficient (Wildman–Crippen LogP) is 2.88. The van der Waals surface area contributed by atoms with Gasteiger partial charge in [0.15, 0.2) is 0 Å². The van der Waals surface area contributed by atoms with Crippen LogP contribution in [-0.4, -0.2) is 43.5 Å². The lowest BCUT2D eigenvalue weighted by atomic mass is 9.83. The lowest BCUT2D eigenvalue weighted by Gasteiger charge is -2.38. The van der Waals surface area contributed by atoms with Crippen molar-refractivity contribution in [3.05, 3.63) is 0 Å². The fraction of sp³-hybridized carbons (Fsp3) is 0.933. The van der Waals surface area contributed by atoms with Gasteiger partial charge in [0.25, 0.3) is 0 Å². The maximum atomic E-state index is 11.5. The van der Waals surface area contributed by atoms with Gasteiger partial charge in [0, 0.05) is 19.2 Å². The molecule has 0 spiro atoms. The Morgan fingerprint density at radius 3 is 2.67 bits per heavy atom. The van der Waals surface area contributed by atoms with E-state index in [9.17, 15) is 4.79 Å². The molecule has 0 aromatic heterocycles. The van der Waals surface area contributed by atoms with Gasteiger partial charge in [0.1, 0.15) is 6.29 Å². The molecule has 0 saturated carbocycles. The summed E-state index contributed by atoms with van der Waals surface area (Å²) < 4.78 is 5.52. The topological polar surface area (TPSA) is 29.5 Å². The zero-order valence-corrected chi connectivity index (χ0v) is 12.3. The third-order valence-corrected chi connectivity index (χ3v) is 3.90. The molecule has 0 bridgehead atoms. The Hall–Kier alpha value is -0.410. The number of hydrogen-bond donors (Lipinski definition) is 0. The van der Waals surface area contributed by atoms with Crippen molar-refractivity contribution in [1.82, 2.24) is 4.90 Å². The van der Waals surface area contributed by atoms with Gasteiger partial charge in [0.05, 0.1) is 12.0 Å². The van der Waals surface area contributed by atoms with Crippen LogP contribution in [0, 0.1) is 5.41 Å². The highest BCUT2D eigenvalue weighted by atomic mass is 16.5. The molecule has 0 aromatic rings. The Balaban J connectivity index is 2.53. The maximum absolute atomic E-state index is 11.5. The summed E-state index contributed by atoms with van der Waals surface area (Å²) in [7, 11) is 0. The van der Waals surface area contributed by atoms with E-state index in [4.69, 9.17) is 4.74 Å². The van der Waals surface area contributed by atoms with Crippen LogP contribution in [0.15, 0.2) is 0 Å². The van der Waals surface area contributed by atoms with E-state index in [1.807, 2.05) is 0 Å². The van der Waals surface area contributed by atoms with Gasteiger partial charge in [-0.1, -0.05) is 19.8 Å². The molecule has 1 saturated heterocycles. The van der Waals surface area contributed by atoms with Crippen LogP contribution in [0.25, 0.3) is 0 Å². The minimum atomic E-state index is -0.255. The van der Waals surface area contributed by atoms with E-state index in [1.165, 1.54) is 19.3 Å². The number of carbonyl (C=O) groups is 1. The number of hydrogen-bond acceptors (Lipinski definition) is 3. The second-order valence-electron chi connectivity index (χ2n) is 5.91. The first-order valence-electron chi connectivity index (χ1n) is 7.41. The fourth-order valence-corrected chi connectivity index (χ4v) is 2.62. The molecule has 1 atom stereocenters. The third kappa shape index (κ3) is 4.69. The number of ether oxygens (including phenoxy) is 1. The van der Waals surface area contributed by atoms with Gasteiger partial charge >= 0.3 is 0 Å². The summed E-state index contributed by atoms with van der Waals surface area (Å²) in [4.78, 5) is 13.9. The molecular weight excluding hydrogens is 226 g/mol. The number of rotatable bonds is 8. The van der Waals surface area contributed by atoms with E-state index in [1.54, 1.807) is 0 Å². The Kier molecular flexibility index (Phi) is 6.87. The lowest BCUT2D eigenvalue weighted by molar-refractivity contribution is -0.126. The number of nitrogens with zero attached hydrogens (tertiary/aromatic N) is 1. The molecule has 1 fully saturated rings. The van der Waals surface area contributed by atoms with E-state index in [2.05, 4.69) is 25.7 Å². The largest absolute Gasteiger partial charge is 0.380 e. The van der Waals surface area contributed by atoms with Gasteiger partial charge in [-0.2, -0.15) is 0 Å². The van der Waals surface area contributed by atoms with E-state index in [0.29, 0.717) is 12.6 Å². The third-order valence-electron chi connectivity index (χ3n) is 3.90. The van der Waals surface area contributed by atoms with Crippen LogP contribution in [0.1, 0.15) is 52.9 Å². The average Bonchev–Trinajstić information content (AvgIpc) is 2.39. The van der Waals surface area contributed by atoms with Crippen molar-refractivity contribution < 1.29 is 9.53 Å². The molecule has 0 N–H and O–H groups in total. The van der Waals surface area contributed by atoms with Gasteiger partial charge in [-0.05, 0) is 39.7 Å². The summed E-state index contributed by atoms with van der Waals surface area (Å²) in [6, 6.07) is 0.501. The van der Waals surface area contributed by atoms with Gasteiger partial charge in [-0.25, -0.2) is 0 Å². The zero-order chi connectivity index (χ0) is 13.4. The smallest absolute Gasteiger partial charge is 0.129 e. The van der Waals surface area contributed by atoms with Gasteiger partial charge in [0.2, 0.25) is 0 Å². The average molecular weight is 255 g/mol. The first-order valence-corrected chi connectivity index (χ1v) is 7.41. The van der Waals surface area contributed by atoms with Crippen molar-refractivity contribution in [3.63, 3.8) is 0 Å². The van der Waals surface area contributed by atoms with Gasteiger partial charge < -0.3 is 9.53 Å². The maximum Gasteiger partial charge on any atom is 0.129 e. The molecule has 1 aliphatic heterocycles. The van der Waals surface area contributed by atoms with Crippen molar-refractivity contribution >= 4 is 6.29 Å². The molecule has 106 valence electrons. The summed E-state index contributed by atoms with van der Waals surface area (Å²) in [6.07, 6.45) is 6.88. The van der Waals surface area contributed by atoms with Crippen molar-refractivity contribution in [2.24, 2.45) is 5.41 Å². The normalized spacial score (nSPS) is 24.7. The van der Waals surface area contributed by atoms with Crippen molar-refractivity contribution in [2.45, 2.75) is 58.9 Å². The highest BCUT2D eigenvalue weighted by molar-refractivity contribution is 5.60. The number of aldehydes is 1. The molecule has 1 heterocycles. The molecule has 3 nitrogen and oxygen atoms in total. The van der Waals surface area contributed by atoms with Crippen LogP contribution >= 0.6 is 0 Å². The quantitative estimate of drug-likeness (QED) is 0.493. The summed E-state index contributed by atoms with van der Waals surface area (Å²) in [5.74, 6) is 0. The van der Waals surface area contributed by atoms with Crippen LogP contribution in [0.2, 0.25) is 0 Å². The molecule has 1 rings (SSSR count). The van der Waals surface area contributed by atoms with E-state index in [-0.39, 0.29) is 5.41 Å². The molecule has 1 unspecified atom stereocenters. The van der Waals surface area contributed by atoms with E-state index >= 15 is 0 Å². The summed E-state index contributed by atoms with van der Waals surface area (Å²) in [5, 5.41) is 0. The first-order chi connectivity index (χ1) is 8.63. The molecule has 3 heteroatoms. The van der Waals surface area contributed by atoms with Crippen LogP contribution in [0.4, 0.5) is 0 Å². The van der Waals surface area contributed by atoms with Crippen LogP contribution in [0.5, 0.6) is 0 Å². The summed E-state index contributed by atoms with van der Waals surface area (Å²) >= 11 is 0. The Bertz CT molecular complexity index is 235. The summed E-state index contributed by atoms with van der Waals surface area (Å²) in [6.45, 7) is 10.0.